The molecule has 0 saturated carbocycles. The lowest BCUT2D eigenvalue weighted by Crippen LogP contribution is -2.60. The fraction of sp³-hybridized carbons (Fsp3) is 0.308. The standard InChI is InChI=1S/C26H20BF15Si2/c1-43(2,3)25(7-10(28)16(34)22(40)17(35)11(7)29)27(9-14(32)20(38)24(42)21(39)15(9)33)26(44(4,5)6)8-12(30)18(36)23(41)19(37)13(8)31/h25-26H,1-6H3/t25-,26-/m1/s1. The molecule has 3 aromatic rings. The maximum atomic E-state index is 15.5. The van der Waals surface area contributed by atoms with Crippen LogP contribution in [0.25, 0.3) is 0 Å². The first-order valence-corrected chi connectivity index (χ1v) is 19.6. The number of benzene rings is 3. The fourth-order valence-corrected chi connectivity index (χ4v) is 10.8. The van der Waals surface area contributed by atoms with E-state index in [9.17, 15) is 39.5 Å². The molecule has 0 aliphatic heterocycles. The molecule has 0 aromatic heterocycles. The normalized spacial score (nSPS) is 13.8. The lowest BCUT2D eigenvalue weighted by molar-refractivity contribution is 0.369. The zero-order valence-electron chi connectivity index (χ0n) is 23.4. The zero-order valence-corrected chi connectivity index (χ0v) is 25.4. The number of rotatable bonds is 7. The summed E-state index contributed by atoms with van der Waals surface area (Å²) in [6.07, 6.45) is 0. The van der Waals surface area contributed by atoms with E-state index >= 15 is 26.3 Å². The Kier molecular flexibility index (Phi) is 9.54. The van der Waals surface area contributed by atoms with Crippen molar-refractivity contribution in [3.8, 4) is 0 Å². The summed E-state index contributed by atoms with van der Waals surface area (Å²) in [7, 11) is -7.87. The van der Waals surface area contributed by atoms with Crippen molar-refractivity contribution in [2.75, 3.05) is 0 Å². The van der Waals surface area contributed by atoms with Crippen LogP contribution in [0, 0.1) is 87.3 Å². The maximum Gasteiger partial charge on any atom is 0.200 e. The third kappa shape index (κ3) is 5.56. The van der Waals surface area contributed by atoms with Gasteiger partial charge in [0, 0.05) is 27.3 Å². The van der Waals surface area contributed by atoms with Crippen LogP contribution in [0.2, 0.25) is 39.3 Å². The van der Waals surface area contributed by atoms with Crippen LogP contribution in [0.1, 0.15) is 22.0 Å². The second-order valence-corrected chi connectivity index (χ2v) is 22.9. The van der Waals surface area contributed by atoms with Crippen LogP contribution >= 0.6 is 0 Å². The van der Waals surface area contributed by atoms with Gasteiger partial charge in [-0.3, -0.25) is 0 Å². The van der Waals surface area contributed by atoms with Crippen LogP contribution in [0.5, 0.6) is 0 Å². The Hall–Kier alpha value is -2.89. The van der Waals surface area contributed by atoms with Gasteiger partial charge in [0.05, 0.1) is 0 Å². The summed E-state index contributed by atoms with van der Waals surface area (Å²) in [5.74, 6) is -39.6. The van der Waals surface area contributed by atoms with Gasteiger partial charge in [-0.05, 0) is 16.3 Å². The van der Waals surface area contributed by atoms with Crippen LogP contribution in [0.15, 0.2) is 0 Å². The molecule has 0 saturated heterocycles. The van der Waals surface area contributed by atoms with Gasteiger partial charge in [0.2, 0.25) is 11.6 Å². The van der Waals surface area contributed by atoms with Crippen molar-refractivity contribution in [2.45, 2.75) is 50.2 Å². The summed E-state index contributed by atoms with van der Waals surface area (Å²) in [5.41, 5.74) is -10.7. The van der Waals surface area contributed by atoms with Crippen LogP contribution in [-0.2, 0) is 0 Å². The van der Waals surface area contributed by atoms with Crippen molar-refractivity contribution < 1.29 is 65.9 Å². The van der Waals surface area contributed by atoms with Gasteiger partial charge in [-0.1, -0.05) is 39.3 Å². The third-order valence-electron chi connectivity index (χ3n) is 7.27. The van der Waals surface area contributed by atoms with Gasteiger partial charge >= 0.3 is 0 Å². The van der Waals surface area contributed by atoms with Crippen molar-refractivity contribution in [3.63, 3.8) is 0 Å². The van der Waals surface area contributed by atoms with Crippen molar-refractivity contribution in [3.05, 3.63) is 98.4 Å². The summed E-state index contributed by atoms with van der Waals surface area (Å²) in [6, 6.07) is 0. The number of halogens is 15. The minimum absolute atomic E-state index is 1.09. The smallest absolute Gasteiger partial charge is 0.200 e. The maximum absolute atomic E-state index is 15.5. The largest absolute Gasteiger partial charge is 0.204 e. The van der Waals surface area contributed by atoms with Crippen LogP contribution < -0.4 is 5.46 Å². The molecule has 3 aromatic carbocycles. The molecule has 0 spiro atoms. The highest BCUT2D eigenvalue weighted by molar-refractivity contribution is 7.02. The summed E-state index contributed by atoms with van der Waals surface area (Å²) < 4.78 is 222. The predicted octanol–water partition coefficient (Wildman–Crippen LogP) is 8.88. The Morgan fingerprint density at radius 2 is 0.500 bits per heavy atom. The molecule has 18 heteroatoms. The molecule has 44 heavy (non-hydrogen) atoms. The van der Waals surface area contributed by atoms with Crippen molar-refractivity contribution in [1.29, 1.82) is 0 Å². The lowest BCUT2D eigenvalue weighted by atomic mass is 9.37. The highest BCUT2D eigenvalue weighted by Gasteiger charge is 2.55. The Morgan fingerprint density at radius 1 is 0.318 bits per heavy atom. The van der Waals surface area contributed by atoms with E-state index in [1.165, 1.54) is 0 Å². The van der Waals surface area contributed by atoms with E-state index in [-0.39, 0.29) is 0 Å². The van der Waals surface area contributed by atoms with Crippen molar-refractivity contribution in [2.24, 2.45) is 0 Å². The molecule has 2 atom stereocenters. The minimum atomic E-state index is -3.93. The molecule has 0 amide bonds. The Balaban J connectivity index is 2.78. The fourth-order valence-electron chi connectivity index (χ4n) is 5.53. The molecule has 0 heterocycles. The molecular weight excluding hydrogens is 664 g/mol. The Bertz CT molecular complexity index is 1490. The predicted molar refractivity (Wildman–Crippen MR) is 136 cm³/mol. The molecule has 0 N–H and O–H groups in total. The Morgan fingerprint density at radius 3 is 0.705 bits per heavy atom. The average molecular weight is 684 g/mol. The van der Waals surface area contributed by atoms with E-state index in [1.807, 2.05) is 0 Å². The first-order chi connectivity index (χ1) is 19.9. The third-order valence-corrected chi connectivity index (χ3v) is 12.3. The van der Waals surface area contributed by atoms with E-state index in [1.54, 1.807) is 0 Å². The molecule has 0 radical (unpaired) electrons. The van der Waals surface area contributed by atoms with Gasteiger partial charge in [-0.15, -0.1) is 0 Å². The molecule has 0 nitrogen and oxygen atoms in total. The van der Waals surface area contributed by atoms with Crippen LogP contribution in [0.3, 0.4) is 0 Å². The lowest BCUT2D eigenvalue weighted by Gasteiger charge is -2.43. The van der Waals surface area contributed by atoms with E-state index in [0.29, 0.717) is 0 Å². The molecule has 0 unspecified atom stereocenters. The average Bonchev–Trinajstić information content (AvgIpc) is 2.93. The summed E-state index contributed by atoms with van der Waals surface area (Å²) in [6.45, 7) is 3.70. The van der Waals surface area contributed by atoms with E-state index < -0.39 is 138 Å². The SMILES string of the molecule is C[Si](C)(C)[C@@H](B(c1c(F)c(F)c(F)c(F)c1F)[C@@H](c1c(F)c(F)c(F)c(F)c1F)[Si](C)(C)C)c1c(F)c(F)c(F)c(F)c1F. The molecule has 0 aliphatic carbocycles. The van der Waals surface area contributed by atoms with E-state index in [4.69, 9.17) is 0 Å². The van der Waals surface area contributed by atoms with Gasteiger partial charge in [0.15, 0.2) is 82.3 Å². The van der Waals surface area contributed by atoms with Crippen LogP contribution in [0.4, 0.5) is 65.9 Å². The number of hydrogen-bond acceptors (Lipinski definition) is 0. The highest BCUT2D eigenvalue weighted by atomic mass is 28.3. The molecule has 0 bridgehead atoms. The first-order valence-electron chi connectivity index (χ1n) is 12.4. The van der Waals surface area contributed by atoms with E-state index in [0.717, 1.165) is 39.3 Å². The second kappa shape index (κ2) is 11.8. The second-order valence-electron chi connectivity index (χ2n) is 12.2. The van der Waals surface area contributed by atoms with Crippen molar-refractivity contribution in [1.82, 2.24) is 0 Å². The molecule has 3 rings (SSSR count). The van der Waals surface area contributed by atoms with E-state index in [2.05, 4.69) is 0 Å². The van der Waals surface area contributed by atoms with Gasteiger partial charge < -0.3 is 0 Å². The monoisotopic (exact) mass is 684 g/mol. The Labute approximate surface area is 243 Å². The quantitative estimate of drug-likeness (QED) is 0.101. The van der Waals surface area contributed by atoms with Gasteiger partial charge in [0.1, 0.15) is 0 Å². The molecule has 0 fully saturated rings. The molecule has 0 aliphatic rings. The van der Waals surface area contributed by atoms with Crippen molar-refractivity contribution >= 4 is 28.3 Å². The molecule has 240 valence electrons. The summed E-state index contributed by atoms with van der Waals surface area (Å²) in [5, 5.41) is 0. The summed E-state index contributed by atoms with van der Waals surface area (Å²) in [4.78, 5) is 0. The van der Waals surface area contributed by atoms with Gasteiger partial charge in [-0.2, -0.15) is 0 Å². The van der Waals surface area contributed by atoms with Gasteiger partial charge in [-0.25, -0.2) is 65.9 Å². The van der Waals surface area contributed by atoms with Crippen LogP contribution in [-0.4, -0.2) is 22.9 Å². The number of hydrogen-bond donors (Lipinski definition) is 0. The molecular formula is C26H20BF15Si2. The van der Waals surface area contributed by atoms with Gasteiger partial charge in [0.25, 0.3) is 0 Å². The zero-order chi connectivity index (χ0) is 34.1. The summed E-state index contributed by atoms with van der Waals surface area (Å²) >= 11 is 0. The highest BCUT2D eigenvalue weighted by Crippen LogP contribution is 2.45. The minimum Gasteiger partial charge on any atom is -0.204 e. The topological polar surface area (TPSA) is 0 Å². The first kappa shape index (κ1) is 35.6.